The van der Waals surface area contributed by atoms with Crippen molar-refractivity contribution in [3.05, 3.63) is 24.3 Å². The minimum absolute atomic E-state index is 0.522. The van der Waals surface area contributed by atoms with Crippen LogP contribution in [0.2, 0.25) is 0 Å². The molecule has 20 heavy (non-hydrogen) atoms. The molecule has 1 aliphatic rings. The summed E-state index contributed by atoms with van der Waals surface area (Å²) in [5.41, 5.74) is 1.74. The van der Waals surface area contributed by atoms with Gasteiger partial charge in [0.15, 0.2) is 0 Å². The topological polar surface area (TPSA) is 21.3 Å². The fourth-order valence-electron chi connectivity index (χ4n) is 2.91. The maximum absolute atomic E-state index is 5.62. The first-order valence-corrected chi connectivity index (χ1v) is 8.08. The summed E-state index contributed by atoms with van der Waals surface area (Å²) in [5.74, 6) is 0.972. The van der Waals surface area contributed by atoms with Crippen LogP contribution in [0.25, 0.3) is 0 Å². The minimum Gasteiger partial charge on any atom is -0.494 e. The standard InChI is InChI=1S/C18H29NO/c1-4-14-20-17-9-7-16(8-10-17)19-15-6-5-12-18(2,3)13-11-15/h7-10,15,19H,4-6,11-14H2,1-3H3. The lowest BCUT2D eigenvalue weighted by Crippen LogP contribution is -2.19. The molecule has 1 aromatic carbocycles. The molecule has 2 heteroatoms. The zero-order valence-electron chi connectivity index (χ0n) is 13.2. The highest BCUT2D eigenvalue weighted by Crippen LogP contribution is 2.34. The third-order valence-electron chi connectivity index (χ3n) is 4.27. The number of rotatable bonds is 5. The fourth-order valence-corrected chi connectivity index (χ4v) is 2.91. The van der Waals surface area contributed by atoms with Crippen LogP contribution in [0.3, 0.4) is 0 Å². The van der Waals surface area contributed by atoms with Crippen LogP contribution in [0.4, 0.5) is 5.69 Å². The Labute approximate surface area is 123 Å². The van der Waals surface area contributed by atoms with Gasteiger partial charge in [-0.2, -0.15) is 0 Å². The summed E-state index contributed by atoms with van der Waals surface area (Å²) >= 11 is 0. The predicted octanol–water partition coefficient (Wildman–Crippen LogP) is 5.25. The summed E-state index contributed by atoms with van der Waals surface area (Å²) in [6.45, 7) is 7.72. The van der Waals surface area contributed by atoms with Gasteiger partial charge in [0.2, 0.25) is 0 Å². The number of anilines is 1. The average molecular weight is 275 g/mol. The summed E-state index contributed by atoms with van der Waals surface area (Å²) in [4.78, 5) is 0. The van der Waals surface area contributed by atoms with Crippen LogP contribution in [-0.4, -0.2) is 12.6 Å². The molecule has 1 fully saturated rings. The lowest BCUT2D eigenvalue weighted by atomic mass is 9.85. The Kier molecular flexibility index (Phi) is 5.33. The summed E-state index contributed by atoms with van der Waals surface area (Å²) in [7, 11) is 0. The van der Waals surface area contributed by atoms with Crippen molar-refractivity contribution < 1.29 is 4.74 Å². The molecule has 2 rings (SSSR count). The van der Waals surface area contributed by atoms with Gasteiger partial charge in [-0.1, -0.05) is 27.2 Å². The molecule has 1 N–H and O–H groups in total. The van der Waals surface area contributed by atoms with E-state index >= 15 is 0 Å². The highest BCUT2D eigenvalue weighted by Gasteiger charge is 2.24. The normalized spacial score (nSPS) is 22.1. The van der Waals surface area contributed by atoms with Crippen molar-refractivity contribution in [1.29, 1.82) is 0 Å². The average Bonchev–Trinajstić information content (AvgIpc) is 2.59. The Hall–Kier alpha value is -1.18. The van der Waals surface area contributed by atoms with Gasteiger partial charge in [0.1, 0.15) is 5.75 Å². The van der Waals surface area contributed by atoms with E-state index in [2.05, 4.69) is 50.4 Å². The molecular formula is C18H29NO. The minimum atomic E-state index is 0.522. The van der Waals surface area contributed by atoms with Gasteiger partial charge < -0.3 is 10.1 Å². The second kappa shape index (κ2) is 7.01. The molecular weight excluding hydrogens is 246 g/mol. The van der Waals surface area contributed by atoms with E-state index in [1.807, 2.05) is 0 Å². The third kappa shape index (κ3) is 4.73. The Bertz CT molecular complexity index is 396. The zero-order valence-corrected chi connectivity index (χ0v) is 13.2. The Morgan fingerprint density at radius 3 is 2.60 bits per heavy atom. The highest BCUT2D eigenvalue weighted by molar-refractivity contribution is 5.47. The number of ether oxygens (including phenoxy) is 1. The summed E-state index contributed by atoms with van der Waals surface area (Å²) < 4.78 is 5.62. The molecule has 1 saturated carbocycles. The highest BCUT2D eigenvalue weighted by atomic mass is 16.5. The predicted molar refractivity (Wildman–Crippen MR) is 86.5 cm³/mol. The largest absolute Gasteiger partial charge is 0.494 e. The summed E-state index contributed by atoms with van der Waals surface area (Å²) in [5, 5.41) is 3.69. The number of hydrogen-bond acceptors (Lipinski definition) is 2. The van der Waals surface area contributed by atoms with Gasteiger partial charge in [-0.3, -0.25) is 0 Å². The maximum atomic E-state index is 5.62. The van der Waals surface area contributed by atoms with Crippen molar-refractivity contribution >= 4 is 5.69 Å². The van der Waals surface area contributed by atoms with Crippen molar-refractivity contribution in [2.45, 2.75) is 65.3 Å². The van der Waals surface area contributed by atoms with Crippen LogP contribution in [0.1, 0.15) is 59.3 Å². The molecule has 1 aromatic rings. The summed E-state index contributed by atoms with van der Waals surface area (Å²) in [6, 6.07) is 9.04. The van der Waals surface area contributed by atoms with Crippen molar-refractivity contribution in [2.24, 2.45) is 5.41 Å². The van der Waals surface area contributed by atoms with Crippen LogP contribution < -0.4 is 10.1 Å². The van der Waals surface area contributed by atoms with Gasteiger partial charge in [0.25, 0.3) is 0 Å². The molecule has 0 amide bonds. The second-order valence-electron chi connectivity index (χ2n) is 6.81. The van der Waals surface area contributed by atoms with Crippen LogP contribution in [0, 0.1) is 5.41 Å². The van der Waals surface area contributed by atoms with Crippen molar-refractivity contribution in [3.63, 3.8) is 0 Å². The first-order chi connectivity index (χ1) is 9.59. The number of hydrogen-bond donors (Lipinski definition) is 1. The first-order valence-electron chi connectivity index (χ1n) is 8.08. The third-order valence-corrected chi connectivity index (χ3v) is 4.27. The lowest BCUT2D eigenvalue weighted by Gasteiger charge is -2.22. The van der Waals surface area contributed by atoms with Crippen LogP contribution in [0.5, 0.6) is 5.75 Å². The molecule has 112 valence electrons. The van der Waals surface area contributed by atoms with E-state index in [1.165, 1.54) is 37.8 Å². The molecule has 0 aromatic heterocycles. The molecule has 0 spiro atoms. The van der Waals surface area contributed by atoms with Gasteiger partial charge in [-0.15, -0.1) is 0 Å². The van der Waals surface area contributed by atoms with Gasteiger partial charge in [-0.25, -0.2) is 0 Å². The van der Waals surface area contributed by atoms with Gasteiger partial charge in [-0.05, 0) is 61.8 Å². The lowest BCUT2D eigenvalue weighted by molar-refractivity contribution is 0.313. The molecule has 0 aliphatic heterocycles. The summed E-state index contributed by atoms with van der Waals surface area (Å²) in [6.07, 6.45) is 7.64. The molecule has 0 saturated heterocycles. The molecule has 0 radical (unpaired) electrons. The molecule has 2 nitrogen and oxygen atoms in total. The van der Waals surface area contributed by atoms with Crippen LogP contribution in [0.15, 0.2) is 24.3 Å². The monoisotopic (exact) mass is 275 g/mol. The van der Waals surface area contributed by atoms with E-state index in [1.54, 1.807) is 0 Å². The van der Waals surface area contributed by atoms with Gasteiger partial charge in [0.05, 0.1) is 6.61 Å². The Morgan fingerprint density at radius 2 is 1.90 bits per heavy atom. The van der Waals surface area contributed by atoms with Crippen LogP contribution >= 0.6 is 0 Å². The van der Waals surface area contributed by atoms with E-state index in [9.17, 15) is 0 Å². The quantitative estimate of drug-likeness (QED) is 0.741. The van der Waals surface area contributed by atoms with Crippen LogP contribution in [-0.2, 0) is 0 Å². The van der Waals surface area contributed by atoms with E-state index in [0.29, 0.717) is 11.5 Å². The van der Waals surface area contributed by atoms with Crippen molar-refractivity contribution in [1.82, 2.24) is 0 Å². The Morgan fingerprint density at radius 1 is 1.15 bits per heavy atom. The number of nitrogens with one attached hydrogen (secondary N) is 1. The zero-order chi connectivity index (χ0) is 14.4. The van der Waals surface area contributed by atoms with Gasteiger partial charge >= 0.3 is 0 Å². The van der Waals surface area contributed by atoms with E-state index in [4.69, 9.17) is 4.74 Å². The molecule has 1 aliphatic carbocycles. The maximum Gasteiger partial charge on any atom is 0.119 e. The number of benzene rings is 1. The van der Waals surface area contributed by atoms with Crippen molar-refractivity contribution in [2.75, 3.05) is 11.9 Å². The fraction of sp³-hybridized carbons (Fsp3) is 0.667. The van der Waals surface area contributed by atoms with E-state index < -0.39 is 0 Å². The van der Waals surface area contributed by atoms with Gasteiger partial charge in [0, 0.05) is 11.7 Å². The van der Waals surface area contributed by atoms with Crippen molar-refractivity contribution in [3.8, 4) is 5.75 Å². The molecule has 0 heterocycles. The van der Waals surface area contributed by atoms with E-state index in [0.717, 1.165) is 18.8 Å². The molecule has 1 unspecified atom stereocenters. The molecule has 0 bridgehead atoms. The SMILES string of the molecule is CCCOc1ccc(NC2CCCC(C)(C)CC2)cc1. The molecule has 1 atom stereocenters. The second-order valence-corrected chi connectivity index (χ2v) is 6.81. The smallest absolute Gasteiger partial charge is 0.119 e. The first kappa shape index (κ1) is 15.2. The van der Waals surface area contributed by atoms with E-state index in [-0.39, 0.29) is 0 Å². The Balaban J connectivity index is 1.86.